The van der Waals surface area contributed by atoms with Crippen molar-refractivity contribution >= 4 is 33.4 Å². The largest absolute Gasteiger partial charge is 0.352 e. The van der Waals surface area contributed by atoms with E-state index in [0.717, 1.165) is 55.7 Å². The summed E-state index contributed by atoms with van der Waals surface area (Å²) in [7, 11) is 3.69. The fourth-order valence-electron chi connectivity index (χ4n) is 4.32. The Morgan fingerprint density at radius 3 is 2.65 bits per heavy atom. The molecule has 10 nitrogen and oxygen atoms in total. The highest BCUT2D eigenvalue weighted by Crippen LogP contribution is 2.33. The summed E-state index contributed by atoms with van der Waals surface area (Å²) in [5.74, 6) is -0.108. The van der Waals surface area contributed by atoms with E-state index < -0.39 is 0 Å². The number of fused-ring (bicyclic) bond motifs is 2. The summed E-state index contributed by atoms with van der Waals surface area (Å²) in [5.41, 5.74) is 7.25. The third kappa shape index (κ3) is 4.41. The number of likely N-dealkylation sites (N-methyl/N-ethyl adjacent to an activating group) is 1. The average Bonchev–Trinajstić information content (AvgIpc) is 3.52. The van der Waals surface area contributed by atoms with E-state index >= 15 is 0 Å². The zero-order valence-corrected chi connectivity index (χ0v) is 20.2. The van der Waals surface area contributed by atoms with Gasteiger partial charge in [-0.25, -0.2) is 0 Å². The van der Waals surface area contributed by atoms with Crippen LogP contribution >= 0.6 is 0 Å². The third-order valence-electron chi connectivity index (χ3n) is 5.97. The van der Waals surface area contributed by atoms with E-state index in [0.29, 0.717) is 5.69 Å². The zero-order valence-electron chi connectivity index (χ0n) is 20.2. The number of H-pyrrole nitrogens is 2. The van der Waals surface area contributed by atoms with Gasteiger partial charge in [-0.3, -0.25) is 29.8 Å². The first-order valence-corrected chi connectivity index (χ1v) is 11.7. The Kier molecular flexibility index (Phi) is 5.62. The molecular formula is C27H23N9O. The van der Waals surface area contributed by atoms with Crippen molar-refractivity contribution in [3.63, 3.8) is 0 Å². The lowest BCUT2D eigenvalue weighted by atomic mass is 10.1. The maximum atomic E-state index is 12.2. The standard InChI is InChI=1S/C27H23N9O/c1-36(2)15-26(37)32-17-7-16(10-28-11-17)22-9-19-25(14-31-22)34-35-27(19)23-8-18-20(12-29-13-24(18)33-23)21-5-3-4-6-30-21/h3-14,33H,15H2,1-2H3,(H,32,37)(H,34,35). The highest BCUT2D eigenvalue weighted by Gasteiger charge is 2.16. The number of hydrogen-bond donors (Lipinski definition) is 3. The summed E-state index contributed by atoms with van der Waals surface area (Å²) in [6, 6.07) is 11.7. The second kappa shape index (κ2) is 9.25. The molecular weight excluding hydrogens is 466 g/mol. The second-order valence-corrected chi connectivity index (χ2v) is 8.98. The fourth-order valence-corrected chi connectivity index (χ4v) is 4.32. The highest BCUT2D eigenvalue weighted by molar-refractivity contribution is 6.00. The molecule has 0 aromatic carbocycles. The highest BCUT2D eigenvalue weighted by atomic mass is 16.2. The number of pyridine rings is 4. The number of nitrogens with zero attached hydrogens (tertiary/aromatic N) is 6. The Bertz CT molecular complexity index is 1740. The van der Waals surface area contributed by atoms with Crippen molar-refractivity contribution in [1.29, 1.82) is 0 Å². The van der Waals surface area contributed by atoms with Crippen molar-refractivity contribution < 1.29 is 4.79 Å². The van der Waals surface area contributed by atoms with Crippen LogP contribution < -0.4 is 5.32 Å². The normalized spacial score (nSPS) is 11.4. The van der Waals surface area contributed by atoms with Gasteiger partial charge in [0.05, 0.1) is 58.9 Å². The molecule has 0 aliphatic rings. The summed E-state index contributed by atoms with van der Waals surface area (Å²) in [5, 5.41) is 12.4. The van der Waals surface area contributed by atoms with Crippen molar-refractivity contribution in [1.82, 2.24) is 40.0 Å². The number of hydrogen-bond acceptors (Lipinski definition) is 7. The van der Waals surface area contributed by atoms with E-state index in [-0.39, 0.29) is 12.5 Å². The van der Waals surface area contributed by atoms with Crippen LogP contribution in [0.25, 0.3) is 55.7 Å². The fraction of sp³-hybridized carbons (Fsp3) is 0.111. The molecule has 1 amide bonds. The number of anilines is 1. The molecule has 0 saturated carbocycles. The Labute approximate surface area is 211 Å². The van der Waals surface area contributed by atoms with Crippen LogP contribution in [0.1, 0.15) is 0 Å². The van der Waals surface area contributed by atoms with Crippen molar-refractivity contribution in [3.8, 4) is 33.9 Å². The molecule has 37 heavy (non-hydrogen) atoms. The van der Waals surface area contributed by atoms with Crippen molar-refractivity contribution in [2.45, 2.75) is 0 Å². The molecule has 0 unspecified atom stereocenters. The number of carbonyl (C=O) groups excluding carboxylic acids is 1. The van der Waals surface area contributed by atoms with E-state index in [1.54, 1.807) is 31.0 Å². The van der Waals surface area contributed by atoms with Crippen LogP contribution in [0.15, 0.2) is 73.6 Å². The molecule has 6 heterocycles. The van der Waals surface area contributed by atoms with Crippen LogP contribution in [-0.2, 0) is 4.79 Å². The number of amides is 1. The minimum absolute atomic E-state index is 0.108. The number of nitrogens with one attached hydrogen (secondary N) is 3. The summed E-state index contributed by atoms with van der Waals surface area (Å²) in [6.07, 6.45) is 10.5. The van der Waals surface area contributed by atoms with Crippen LogP contribution in [0.2, 0.25) is 0 Å². The predicted molar refractivity (Wildman–Crippen MR) is 143 cm³/mol. The molecule has 10 heteroatoms. The van der Waals surface area contributed by atoms with Gasteiger partial charge in [0.1, 0.15) is 5.69 Å². The van der Waals surface area contributed by atoms with Gasteiger partial charge < -0.3 is 15.2 Å². The van der Waals surface area contributed by atoms with Gasteiger partial charge in [0, 0.05) is 40.5 Å². The number of aromatic amines is 2. The molecule has 0 spiro atoms. The van der Waals surface area contributed by atoms with Gasteiger partial charge in [-0.05, 0) is 44.4 Å². The quantitative estimate of drug-likeness (QED) is 0.321. The third-order valence-corrected chi connectivity index (χ3v) is 5.97. The van der Waals surface area contributed by atoms with Crippen LogP contribution in [-0.4, -0.2) is 66.6 Å². The Morgan fingerprint density at radius 2 is 1.81 bits per heavy atom. The van der Waals surface area contributed by atoms with Gasteiger partial charge in [0.2, 0.25) is 5.91 Å². The van der Waals surface area contributed by atoms with Gasteiger partial charge in [-0.2, -0.15) is 5.10 Å². The Morgan fingerprint density at radius 1 is 0.919 bits per heavy atom. The first-order valence-electron chi connectivity index (χ1n) is 11.7. The summed E-state index contributed by atoms with van der Waals surface area (Å²) < 4.78 is 0. The average molecular weight is 490 g/mol. The molecule has 3 N–H and O–H groups in total. The van der Waals surface area contributed by atoms with E-state index in [1.807, 2.05) is 55.5 Å². The molecule has 6 aromatic rings. The summed E-state index contributed by atoms with van der Waals surface area (Å²) >= 11 is 0. The molecule has 0 aliphatic carbocycles. The second-order valence-electron chi connectivity index (χ2n) is 8.98. The maximum Gasteiger partial charge on any atom is 0.238 e. The lowest BCUT2D eigenvalue weighted by Gasteiger charge is -2.10. The monoisotopic (exact) mass is 489 g/mol. The molecule has 0 atom stereocenters. The summed E-state index contributed by atoms with van der Waals surface area (Å²) in [4.78, 5) is 35.2. The number of carbonyl (C=O) groups is 1. The summed E-state index contributed by atoms with van der Waals surface area (Å²) in [6.45, 7) is 0.287. The first-order chi connectivity index (χ1) is 18.0. The van der Waals surface area contributed by atoms with Gasteiger partial charge >= 0.3 is 0 Å². The van der Waals surface area contributed by atoms with E-state index in [4.69, 9.17) is 0 Å². The number of aromatic nitrogens is 7. The maximum absolute atomic E-state index is 12.2. The minimum Gasteiger partial charge on any atom is -0.352 e. The SMILES string of the molecule is CN(C)CC(=O)Nc1cncc(-c2cc3c(-c4cc5c(-c6ccccn6)cncc5[nH]4)n[nH]c3cn2)c1. The molecule has 0 bridgehead atoms. The molecule has 0 radical (unpaired) electrons. The van der Waals surface area contributed by atoms with E-state index in [1.165, 1.54) is 0 Å². The molecule has 182 valence electrons. The van der Waals surface area contributed by atoms with Crippen molar-refractivity contribution in [2.75, 3.05) is 26.0 Å². The molecule has 0 fully saturated rings. The molecule has 6 rings (SSSR count). The van der Waals surface area contributed by atoms with E-state index in [9.17, 15) is 4.79 Å². The van der Waals surface area contributed by atoms with E-state index in [2.05, 4.69) is 46.5 Å². The number of rotatable bonds is 6. The van der Waals surface area contributed by atoms with Crippen LogP contribution in [0.3, 0.4) is 0 Å². The van der Waals surface area contributed by atoms with Crippen LogP contribution in [0, 0.1) is 0 Å². The van der Waals surface area contributed by atoms with Gasteiger partial charge in [0.25, 0.3) is 0 Å². The topological polar surface area (TPSA) is 128 Å². The Balaban J connectivity index is 1.38. The van der Waals surface area contributed by atoms with Gasteiger partial charge in [0.15, 0.2) is 0 Å². The molecule has 0 saturated heterocycles. The van der Waals surface area contributed by atoms with Crippen molar-refractivity contribution in [3.05, 3.63) is 73.6 Å². The minimum atomic E-state index is -0.108. The molecule has 6 aromatic heterocycles. The van der Waals surface area contributed by atoms with Crippen LogP contribution in [0.5, 0.6) is 0 Å². The zero-order chi connectivity index (χ0) is 25.4. The Hall–Kier alpha value is -4.96. The van der Waals surface area contributed by atoms with Crippen molar-refractivity contribution in [2.24, 2.45) is 0 Å². The lowest BCUT2D eigenvalue weighted by Crippen LogP contribution is -2.27. The van der Waals surface area contributed by atoms with Gasteiger partial charge in [-0.15, -0.1) is 0 Å². The predicted octanol–water partition coefficient (Wildman–Crippen LogP) is 4.13. The molecule has 0 aliphatic heterocycles. The first kappa shape index (κ1) is 22.5. The smallest absolute Gasteiger partial charge is 0.238 e. The van der Waals surface area contributed by atoms with Crippen LogP contribution in [0.4, 0.5) is 5.69 Å². The van der Waals surface area contributed by atoms with Gasteiger partial charge in [-0.1, -0.05) is 6.07 Å². The lowest BCUT2D eigenvalue weighted by molar-refractivity contribution is -0.116.